The molecular formula is C20H20ClFN4O. The summed E-state index contributed by atoms with van der Waals surface area (Å²) in [7, 11) is 0. The number of para-hydroxylation sites is 1. The molecule has 3 aromatic rings. The van der Waals surface area contributed by atoms with E-state index in [0.717, 1.165) is 0 Å². The molecule has 0 spiro atoms. The largest absolute Gasteiger partial charge is 0.338 e. The summed E-state index contributed by atoms with van der Waals surface area (Å²) in [5.74, 6) is 0.453. The molecule has 2 aromatic carbocycles. The summed E-state index contributed by atoms with van der Waals surface area (Å²) in [5.41, 5.74) is 1.18. The van der Waals surface area contributed by atoms with Gasteiger partial charge in [0.05, 0.1) is 5.69 Å². The van der Waals surface area contributed by atoms with Gasteiger partial charge in [0.25, 0.3) is 5.91 Å². The van der Waals surface area contributed by atoms with Crippen LogP contribution in [0.25, 0.3) is 5.69 Å². The predicted octanol–water partition coefficient (Wildman–Crippen LogP) is 3.40. The van der Waals surface area contributed by atoms with Crippen molar-refractivity contribution < 1.29 is 9.18 Å². The van der Waals surface area contributed by atoms with Gasteiger partial charge in [-0.3, -0.25) is 9.36 Å². The molecular weight excluding hydrogens is 367 g/mol. The number of anilines is 1. The van der Waals surface area contributed by atoms with Crippen molar-refractivity contribution in [1.29, 1.82) is 0 Å². The molecule has 4 rings (SSSR count). The molecule has 0 unspecified atom stereocenters. The second-order valence-electron chi connectivity index (χ2n) is 6.19. The van der Waals surface area contributed by atoms with Gasteiger partial charge in [-0.2, -0.15) is 0 Å². The van der Waals surface area contributed by atoms with E-state index >= 15 is 0 Å². The van der Waals surface area contributed by atoms with Crippen LogP contribution >= 0.6 is 12.4 Å². The summed E-state index contributed by atoms with van der Waals surface area (Å²) in [6.07, 6.45) is 3.43. The summed E-state index contributed by atoms with van der Waals surface area (Å²) < 4.78 is 15.9. The number of carbonyl (C=O) groups excluding carboxylic acids is 1. The maximum atomic E-state index is 14.1. The Hall–Kier alpha value is -2.86. The quantitative estimate of drug-likeness (QED) is 0.692. The maximum absolute atomic E-state index is 14.1. The lowest BCUT2D eigenvalue weighted by Gasteiger charge is -2.35. The van der Waals surface area contributed by atoms with Gasteiger partial charge in [-0.05, 0) is 24.3 Å². The zero-order chi connectivity index (χ0) is 17.9. The zero-order valence-electron chi connectivity index (χ0n) is 14.7. The van der Waals surface area contributed by atoms with Crippen molar-refractivity contribution in [2.24, 2.45) is 0 Å². The molecule has 0 aliphatic carbocycles. The monoisotopic (exact) mass is 386 g/mol. The third-order valence-electron chi connectivity index (χ3n) is 4.60. The first-order valence-corrected chi connectivity index (χ1v) is 8.61. The first-order valence-electron chi connectivity index (χ1n) is 8.61. The molecule has 1 saturated heterocycles. The fourth-order valence-corrected chi connectivity index (χ4v) is 3.24. The molecule has 7 heteroatoms. The van der Waals surface area contributed by atoms with Gasteiger partial charge in [0.15, 0.2) is 0 Å². The van der Waals surface area contributed by atoms with Gasteiger partial charge in [0.2, 0.25) is 5.95 Å². The molecule has 140 valence electrons. The molecule has 0 radical (unpaired) electrons. The van der Waals surface area contributed by atoms with Gasteiger partial charge < -0.3 is 9.80 Å². The highest BCUT2D eigenvalue weighted by Gasteiger charge is 2.24. The minimum Gasteiger partial charge on any atom is -0.338 e. The van der Waals surface area contributed by atoms with E-state index in [0.29, 0.717) is 43.4 Å². The van der Waals surface area contributed by atoms with Crippen molar-refractivity contribution in [3.63, 3.8) is 0 Å². The van der Waals surface area contributed by atoms with Gasteiger partial charge in [0, 0.05) is 44.1 Å². The Morgan fingerprint density at radius 1 is 0.926 bits per heavy atom. The van der Waals surface area contributed by atoms with Crippen LogP contribution in [0.1, 0.15) is 10.4 Å². The standard InChI is InChI=1S/C20H19FN4O.ClH/c21-17-8-4-5-9-18(17)25-11-10-22-20(25)24-14-12-23(13-15-24)19(26)16-6-2-1-3-7-16;/h1-11H,12-15H2;1H. The number of aromatic nitrogens is 2. The summed E-state index contributed by atoms with van der Waals surface area (Å²) in [5, 5.41) is 0. The van der Waals surface area contributed by atoms with Crippen LogP contribution in [0, 0.1) is 5.82 Å². The Balaban J connectivity index is 0.00000210. The first kappa shape index (κ1) is 18.9. The lowest BCUT2D eigenvalue weighted by atomic mass is 10.2. The Morgan fingerprint density at radius 2 is 1.59 bits per heavy atom. The highest BCUT2D eigenvalue weighted by atomic mass is 35.5. The summed E-state index contributed by atoms with van der Waals surface area (Å²) in [4.78, 5) is 20.9. The van der Waals surface area contributed by atoms with Crippen LogP contribution in [-0.4, -0.2) is 46.5 Å². The molecule has 0 bridgehead atoms. The van der Waals surface area contributed by atoms with Gasteiger partial charge >= 0.3 is 0 Å². The molecule has 1 aliphatic heterocycles. The SMILES string of the molecule is Cl.O=C(c1ccccc1)N1CCN(c2nccn2-c2ccccc2F)CC1. The number of amides is 1. The van der Waals surface area contributed by atoms with E-state index in [9.17, 15) is 9.18 Å². The topological polar surface area (TPSA) is 41.4 Å². The molecule has 2 heterocycles. The Bertz CT molecular complexity index is 907. The fourth-order valence-electron chi connectivity index (χ4n) is 3.24. The molecule has 1 amide bonds. The van der Waals surface area contributed by atoms with E-state index in [-0.39, 0.29) is 24.1 Å². The van der Waals surface area contributed by atoms with Crippen LogP contribution in [0.15, 0.2) is 67.0 Å². The minimum absolute atomic E-state index is 0. The van der Waals surface area contributed by atoms with Crippen molar-refractivity contribution >= 4 is 24.3 Å². The van der Waals surface area contributed by atoms with Crippen molar-refractivity contribution in [1.82, 2.24) is 14.5 Å². The Kier molecular flexibility index (Phi) is 5.76. The van der Waals surface area contributed by atoms with Crippen molar-refractivity contribution in [2.75, 3.05) is 31.1 Å². The van der Waals surface area contributed by atoms with Crippen LogP contribution in [0.5, 0.6) is 0 Å². The maximum Gasteiger partial charge on any atom is 0.253 e. The van der Waals surface area contributed by atoms with E-state index in [1.807, 2.05) is 35.2 Å². The summed E-state index contributed by atoms with van der Waals surface area (Å²) in [6.45, 7) is 2.53. The van der Waals surface area contributed by atoms with Crippen LogP contribution in [0.4, 0.5) is 10.3 Å². The van der Waals surface area contributed by atoms with E-state index in [1.165, 1.54) is 6.07 Å². The number of halogens is 2. The lowest BCUT2D eigenvalue weighted by molar-refractivity contribution is 0.0746. The number of imidazole rings is 1. The van der Waals surface area contributed by atoms with E-state index < -0.39 is 0 Å². The van der Waals surface area contributed by atoms with Gasteiger partial charge in [0.1, 0.15) is 5.82 Å². The van der Waals surface area contributed by atoms with Crippen molar-refractivity contribution in [2.45, 2.75) is 0 Å². The number of hydrogen-bond donors (Lipinski definition) is 0. The third-order valence-corrected chi connectivity index (χ3v) is 4.60. The van der Waals surface area contributed by atoms with Gasteiger partial charge in [-0.1, -0.05) is 30.3 Å². The zero-order valence-corrected chi connectivity index (χ0v) is 15.5. The Labute approximate surface area is 163 Å². The van der Waals surface area contributed by atoms with E-state index in [4.69, 9.17) is 0 Å². The van der Waals surface area contributed by atoms with Crippen LogP contribution in [0.3, 0.4) is 0 Å². The van der Waals surface area contributed by atoms with Crippen LogP contribution < -0.4 is 4.90 Å². The Morgan fingerprint density at radius 3 is 2.30 bits per heavy atom. The predicted molar refractivity (Wildman–Crippen MR) is 105 cm³/mol. The number of nitrogens with zero attached hydrogens (tertiary/aromatic N) is 4. The molecule has 0 atom stereocenters. The normalized spacial score (nSPS) is 14.0. The second kappa shape index (κ2) is 8.22. The highest BCUT2D eigenvalue weighted by molar-refractivity contribution is 5.94. The molecule has 1 fully saturated rings. The fraction of sp³-hybridized carbons (Fsp3) is 0.200. The molecule has 1 aromatic heterocycles. The molecule has 0 saturated carbocycles. The summed E-state index contributed by atoms with van der Waals surface area (Å²) >= 11 is 0. The third kappa shape index (κ3) is 3.80. The number of benzene rings is 2. The number of piperazine rings is 1. The van der Waals surface area contributed by atoms with E-state index in [1.54, 1.807) is 35.2 Å². The molecule has 0 N–H and O–H groups in total. The smallest absolute Gasteiger partial charge is 0.253 e. The van der Waals surface area contributed by atoms with Gasteiger partial charge in [-0.25, -0.2) is 9.37 Å². The number of rotatable bonds is 3. The number of carbonyl (C=O) groups is 1. The van der Waals surface area contributed by atoms with Crippen LogP contribution in [-0.2, 0) is 0 Å². The average Bonchev–Trinajstić information content (AvgIpc) is 3.18. The molecule has 1 aliphatic rings. The lowest BCUT2D eigenvalue weighted by Crippen LogP contribution is -2.49. The van der Waals surface area contributed by atoms with Gasteiger partial charge in [-0.15, -0.1) is 12.4 Å². The first-order chi connectivity index (χ1) is 12.7. The van der Waals surface area contributed by atoms with E-state index in [2.05, 4.69) is 9.88 Å². The second-order valence-corrected chi connectivity index (χ2v) is 6.19. The molecule has 5 nitrogen and oxygen atoms in total. The molecule has 27 heavy (non-hydrogen) atoms. The number of hydrogen-bond acceptors (Lipinski definition) is 3. The van der Waals surface area contributed by atoms with Crippen molar-refractivity contribution in [3.05, 3.63) is 78.4 Å². The van der Waals surface area contributed by atoms with Crippen molar-refractivity contribution in [3.8, 4) is 5.69 Å². The summed E-state index contributed by atoms with van der Waals surface area (Å²) in [6, 6.07) is 16.0. The highest BCUT2D eigenvalue weighted by Crippen LogP contribution is 2.22. The minimum atomic E-state index is -0.287. The average molecular weight is 387 g/mol. The van der Waals surface area contributed by atoms with Crippen LogP contribution in [0.2, 0.25) is 0 Å².